The lowest BCUT2D eigenvalue weighted by Gasteiger charge is -2.49. The Morgan fingerprint density at radius 1 is 1.52 bits per heavy atom. The molecule has 0 bridgehead atoms. The van der Waals surface area contributed by atoms with Crippen molar-refractivity contribution in [3.05, 3.63) is 17.5 Å². The smallest absolute Gasteiger partial charge is 0.250 e. The maximum Gasteiger partial charge on any atom is 0.250 e. The fraction of sp³-hybridized carbons (Fsp3) is 0.615. The maximum atomic E-state index is 11.8. The van der Waals surface area contributed by atoms with Crippen molar-refractivity contribution in [2.75, 3.05) is 6.54 Å². The molecule has 0 spiro atoms. The van der Waals surface area contributed by atoms with E-state index in [2.05, 4.69) is 10.0 Å². The van der Waals surface area contributed by atoms with Gasteiger partial charge in [0, 0.05) is 24.4 Å². The van der Waals surface area contributed by atoms with Crippen LogP contribution in [0.25, 0.3) is 0 Å². The lowest BCUT2D eigenvalue weighted by molar-refractivity contribution is -0.129. The summed E-state index contributed by atoms with van der Waals surface area (Å²) in [5.41, 5.74) is -0.327. The van der Waals surface area contributed by atoms with Gasteiger partial charge in [0.25, 0.3) is 0 Å². The molecule has 1 aromatic rings. The molecule has 0 aliphatic heterocycles. The summed E-state index contributed by atoms with van der Waals surface area (Å²) in [6.45, 7) is 3.85. The van der Waals surface area contributed by atoms with Gasteiger partial charge in [0.05, 0.1) is 6.10 Å². The van der Waals surface area contributed by atoms with Gasteiger partial charge in [-0.2, -0.15) is 0 Å². The van der Waals surface area contributed by atoms with E-state index in [-0.39, 0.29) is 34.5 Å². The van der Waals surface area contributed by atoms with Gasteiger partial charge in [0.15, 0.2) is 0 Å². The first-order valence-electron chi connectivity index (χ1n) is 6.74. The van der Waals surface area contributed by atoms with Crippen LogP contribution in [0, 0.1) is 5.41 Å². The Bertz CT molecular complexity index is 596. The maximum absolute atomic E-state index is 11.8. The summed E-state index contributed by atoms with van der Waals surface area (Å²) in [5, 5.41) is 14.1. The quantitative estimate of drug-likeness (QED) is 0.714. The molecule has 3 N–H and O–H groups in total. The van der Waals surface area contributed by atoms with Crippen LogP contribution < -0.4 is 10.0 Å². The first-order chi connectivity index (χ1) is 9.73. The Labute approximate surface area is 128 Å². The van der Waals surface area contributed by atoms with Crippen molar-refractivity contribution in [3.8, 4) is 0 Å². The molecule has 6 nitrogen and oxygen atoms in total. The van der Waals surface area contributed by atoms with E-state index in [1.807, 2.05) is 13.8 Å². The Balaban J connectivity index is 1.76. The number of sulfonamides is 1. The minimum absolute atomic E-state index is 0.0573. The minimum atomic E-state index is -3.52. The first kappa shape index (κ1) is 16.4. The third-order valence-corrected chi connectivity index (χ3v) is 6.81. The van der Waals surface area contributed by atoms with Crippen molar-refractivity contribution in [2.45, 2.75) is 43.0 Å². The summed E-state index contributed by atoms with van der Waals surface area (Å²) >= 11 is 1.13. The van der Waals surface area contributed by atoms with Gasteiger partial charge in [-0.15, -0.1) is 11.3 Å². The van der Waals surface area contributed by atoms with Gasteiger partial charge >= 0.3 is 0 Å². The predicted octanol–water partition coefficient (Wildman–Crippen LogP) is 0.692. The van der Waals surface area contributed by atoms with Crippen LogP contribution >= 0.6 is 11.3 Å². The number of aliphatic hydroxyl groups excluding tert-OH is 1. The van der Waals surface area contributed by atoms with E-state index in [1.54, 1.807) is 11.4 Å². The highest BCUT2D eigenvalue weighted by atomic mass is 32.2. The van der Waals surface area contributed by atoms with Crippen molar-refractivity contribution < 1.29 is 18.3 Å². The lowest BCUT2D eigenvalue weighted by atomic mass is 9.64. The van der Waals surface area contributed by atoms with Crippen LogP contribution in [-0.4, -0.2) is 38.1 Å². The van der Waals surface area contributed by atoms with E-state index in [0.717, 1.165) is 11.3 Å². The largest absolute Gasteiger partial charge is 0.392 e. The van der Waals surface area contributed by atoms with Crippen molar-refractivity contribution >= 4 is 27.3 Å². The zero-order valence-corrected chi connectivity index (χ0v) is 13.6. The van der Waals surface area contributed by atoms with Gasteiger partial charge in [0.2, 0.25) is 15.9 Å². The minimum Gasteiger partial charge on any atom is -0.392 e. The van der Waals surface area contributed by atoms with Gasteiger partial charge in [-0.25, -0.2) is 13.1 Å². The highest BCUT2D eigenvalue weighted by Gasteiger charge is 2.47. The summed E-state index contributed by atoms with van der Waals surface area (Å²) in [4.78, 5) is 11.8. The normalized spacial score (nSPS) is 24.3. The lowest BCUT2D eigenvalue weighted by Crippen LogP contribution is -2.61. The molecule has 0 aromatic carbocycles. The fourth-order valence-corrected chi connectivity index (χ4v) is 4.27. The molecule has 8 heteroatoms. The van der Waals surface area contributed by atoms with Crippen LogP contribution in [0.2, 0.25) is 0 Å². The molecule has 2 rings (SSSR count). The molecule has 1 amide bonds. The van der Waals surface area contributed by atoms with E-state index in [1.165, 1.54) is 6.07 Å². The van der Waals surface area contributed by atoms with Crippen LogP contribution in [0.15, 0.2) is 21.7 Å². The van der Waals surface area contributed by atoms with Gasteiger partial charge < -0.3 is 10.4 Å². The third kappa shape index (κ3) is 3.63. The monoisotopic (exact) mass is 332 g/mol. The number of carbonyl (C=O) groups is 1. The summed E-state index contributed by atoms with van der Waals surface area (Å²) < 4.78 is 26.3. The Morgan fingerprint density at radius 2 is 2.24 bits per heavy atom. The van der Waals surface area contributed by atoms with Crippen LogP contribution in [0.5, 0.6) is 0 Å². The summed E-state index contributed by atoms with van der Waals surface area (Å²) in [6.07, 6.45) is 0.215. The number of carbonyl (C=O) groups excluding carboxylic acids is 1. The summed E-state index contributed by atoms with van der Waals surface area (Å²) in [7, 11) is -3.52. The fourth-order valence-electron chi connectivity index (χ4n) is 2.20. The van der Waals surface area contributed by atoms with Gasteiger partial charge in [-0.3, -0.25) is 4.79 Å². The van der Waals surface area contributed by atoms with Crippen molar-refractivity contribution in [1.82, 2.24) is 10.0 Å². The zero-order chi connectivity index (χ0) is 15.7. The Hall–Kier alpha value is -0.960. The topological polar surface area (TPSA) is 95.5 Å². The van der Waals surface area contributed by atoms with E-state index in [0.29, 0.717) is 6.42 Å². The number of rotatable bonds is 6. The van der Waals surface area contributed by atoms with Gasteiger partial charge in [-0.1, -0.05) is 19.9 Å². The van der Waals surface area contributed by atoms with E-state index in [9.17, 15) is 18.3 Å². The SMILES string of the molecule is CC1(C)C(O)CC1NC(=O)CCNS(=O)(=O)c1cccs1. The molecule has 118 valence electrons. The van der Waals surface area contributed by atoms with E-state index >= 15 is 0 Å². The van der Waals surface area contributed by atoms with Crippen molar-refractivity contribution in [3.63, 3.8) is 0 Å². The second-order valence-corrected chi connectivity index (χ2v) is 8.71. The Kier molecular flexibility index (Phi) is 4.72. The third-order valence-electron chi connectivity index (χ3n) is 3.96. The molecule has 0 saturated heterocycles. The second kappa shape index (κ2) is 6.04. The highest BCUT2D eigenvalue weighted by molar-refractivity contribution is 7.91. The van der Waals surface area contributed by atoms with E-state index in [4.69, 9.17) is 0 Å². The molecular formula is C13H20N2O4S2. The zero-order valence-electron chi connectivity index (χ0n) is 12.0. The average molecular weight is 332 g/mol. The van der Waals surface area contributed by atoms with Gasteiger partial charge in [0.1, 0.15) is 4.21 Å². The number of thiophene rings is 1. The van der Waals surface area contributed by atoms with Crippen molar-refractivity contribution in [1.29, 1.82) is 0 Å². The van der Waals surface area contributed by atoms with E-state index < -0.39 is 16.1 Å². The number of amides is 1. The molecular weight excluding hydrogens is 312 g/mol. The molecule has 1 heterocycles. The number of aliphatic hydroxyl groups is 1. The van der Waals surface area contributed by atoms with Crippen LogP contribution in [-0.2, 0) is 14.8 Å². The first-order valence-corrected chi connectivity index (χ1v) is 9.10. The molecule has 2 atom stereocenters. The van der Waals surface area contributed by atoms with Gasteiger partial charge in [-0.05, 0) is 17.9 Å². The molecule has 1 saturated carbocycles. The molecule has 1 fully saturated rings. The molecule has 2 unspecified atom stereocenters. The molecule has 0 radical (unpaired) electrons. The molecule has 1 aromatic heterocycles. The number of hydrogen-bond acceptors (Lipinski definition) is 5. The van der Waals surface area contributed by atoms with Crippen LogP contribution in [0.3, 0.4) is 0 Å². The average Bonchev–Trinajstić information content (AvgIpc) is 2.93. The Morgan fingerprint density at radius 3 is 2.76 bits per heavy atom. The molecule has 1 aliphatic carbocycles. The number of nitrogens with one attached hydrogen (secondary N) is 2. The highest BCUT2D eigenvalue weighted by Crippen LogP contribution is 2.40. The van der Waals surface area contributed by atoms with Crippen LogP contribution in [0.1, 0.15) is 26.7 Å². The summed E-state index contributed by atoms with van der Waals surface area (Å²) in [6, 6.07) is 3.12. The molecule has 21 heavy (non-hydrogen) atoms. The predicted molar refractivity (Wildman–Crippen MR) is 80.5 cm³/mol. The summed E-state index contributed by atoms with van der Waals surface area (Å²) in [5.74, 6) is -0.214. The standard InChI is InChI=1S/C13H20N2O4S2/c1-13(2)9(8-10(13)16)15-11(17)5-6-14-21(18,19)12-4-3-7-20-12/h3-4,7,9-10,14,16H,5-6,8H2,1-2H3,(H,15,17). The van der Waals surface area contributed by atoms with Crippen molar-refractivity contribution in [2.24, 2.45) is 5.41 Å². The second-order valence-electron chi connectivity index (χ2n) is 5.77. The number of hydrogen-bond donors (Lipinski definition) is 3. The molecule has 1 aliphatic rings. The van der Waals surface area contributed by atoms with Crippen LogP contribution in [0.4, 0.5) is 0 Å².